The number of pyridine rings is 1. The number of aryl methyl sites for hydroxylation is 1. The van der Waals surface area contributed by atoms with Gasteiger partial charge in [0.2, 0.25) is 0 Å². The van der Waals surface area contributed by atoms with Crippen LogP contribution in [0.1, 0.15) is 22.8 Å². The number of carbonyl (C=O) groups excluding carboxylic acids is 1. The molecule has 15 heavy (non-hydrogen) atoms. The van der Waals surface area contributed by atoms with Gasteiger partial charge in [-0.2, -0.15) is 0 Å². The largest absolute Gasteiger partial charge is 0.360 e. The number of hydrogen-bond donors (Lipinski definition) is 1. The third-order valence-corrected chi connectivity index (χ3v) is 2.51. The van der Waals surface area contributed by atoms with E-state index < -0.39 is 0 Å². The van der Waals surface area contributed by atoms with Crippen LogP contribution in [0.15, 0.2) is 29.2 Å². The molecule has 76 valence electrons. The van der Waals surface area contributed by atoms with Crippen LogP contribution >= 0.6 is 0 Å². The summed E-state index contributed by atoms with van der Waals surface area (Å²) in [7, 11) is 0. The number of aldehydes is 1. The van der Waals surface area contributed by atoms with Crippen LogP contribution in [0.2, 0.25) is 0 Å². The Labute approximate surface area is 86.8 Å². The first-order chi connectivity index (χ1) is 7.26. The molecule has 0 saturated carbocycles. The number of H-pyrrole nitrogens is 1. The highest BCUT2D eigenvalue weighted by molar-refractivity contribution is 5.85. The van der Waals surface area contributed by atoms with Crippen LogP contribution in [0.25, 0.3) is 10.9 Å². The zero-order chi connectivity index (χ0) is 10.8. The van der Waals surface area contributed by atoms with Crippen LogP contribution in [0.5, 0.6) is 0 Å². The van der Waals surface area contributed by atoms with Gasteiger partial charge in [0.1, 0.15) is 0 Å². The maximum Gasteiger partial charge on any atom is 0.199 e. The monoisotopic (exact) mass is 201 g/mol. The predicted molar refractivity (Wildman–Crippen MR) is 59.3 cm³/mol. The number of nitrogens with one attached hydrogen (secondary N) is 1. The number of aromatic amines is 1. The minimum absolute atomic E-state index is 0.173. The molecule has 0 atom stereocenters. The fourth-order valence-corrected chi connectivity index (χ4v) is 1.59. The van der Waals surface area contributed by atoms with Gasteiger partial charge in [-0.05, 0) is 24.1 Å². The lowest BCUT2D eigenvalue weighted by Gasteiger charge is -2.01. The van der Waals surface area contributed by atoms with Gasteiger partial charge in [0.05, 0.1) is 5.56 Å². The molecule has 0 aliphatic carbocycles. The molecule has 3 heteroatoms. The van der Waals surface area contributed by atoms with E-state index in [1.54, 1.807) is 6.07 Å². The van der Waals surface area contributed by atoms with E-state index in [4.69, 9.17) is 0 Å². The molecule has 0 aliphatic heterocycles. The summed E-state index contributed by atoms with van der Waals surface area (Å²) in [5, 5.41) is 0.566. The molecule has 2 rings (SSSR count). The molecule has 0 amide bonds. The normalized spacial score (nSPS) is 10.5. The van der Waals surface area contributed by atoms with Crippen LogP contribution in [0.3, 0.4) is 0 Å². The van der Waals surface area contributed by atoms with Crippen molar-refractivity contribution in [2.45, 2.75) is 13.3 Å². The Morgan fingerprint density at radius 1 is 1.40 bits per heavy atom. The molecule has 0 unspecified atom stereocenters. The molecule has 0 bridgehead atoms. The van der Waals surface area contributed by atoms with Gasteiger partial charge in [-0.25, -0.2) is 0 Å². The smallest absolute Gasteiger partial charge is 0.199 e. The minimum atomic E-state index is -0.207. The summed E-state index contributed by atoms with van der Waals surface area (Å²) in [4.78, 5) is 25.2. The number of benzene rings is 1. The second-order valence-electron chi connectivity index (χ2n) is 3.42. The summed E-state index contributed by atoms with van der Waals surface area (Å²) in [5.74, 6) is 0. The van der Waals surface area contributed by atoms with Crippen molar-refractivity contribution in [3.63, 3.8) is 0 Å². The summed E-state index contributed by atoms with van der Waals surface area (Å²) in [6, 6.07) is 5.61. The van der Waals surface area contributed by atoms with E-state index in [0.29, 0.717) is 11.7 Å². The Morgan fingerprint density at radius 3 is 2.87 bits per heavy atom. The maximum absolute atomic E-state index is 11.7. The highest BCUT2D eigenvalue weighted by atomic mass is 16.1. The van der Waals surface area contributed by atoms with Gasteiger partial charge >= 0.3 is 0 Å². The fraction of sp³-hybridized carbons (Fsp3) is 0.167. The molecule has 1 aromatic heterocycles. The second-order valence-corrected chi connectivity index (χ2v) is 3.42. The Kier molecular flexibility index (Phi) is 2.37. The highest BCUT2D eigenvalue weighted by Gasteiger charge is 2.03. The van der Waals surface area contributed by atoms with E-state index in [9.17, 15) is 9.59 Å². The van der Waals surface area contributed by atoms with Crippen molar-refractivity contribution in [1.29, 1.82) is 0 Å². The third-order valence-electron chi connectivity index (χ3n) is 2.51. The number of carbonyl (C=O) groups is 1. The maximum atomic E-state index is 11.7. The average molecular weight is 201 g/mol. The van der Waals surface area contributed by atoms with Gasteiger partial charge in [0.25, 0.3) is 0 Å². The summed E-state index contributed by atoms with van der Waals surface area (Å²) < 4.78 is 0. The number of rotatable bonds is 2. The fourth-order valence-electron chi connectivity index (χ4n) is 1.59. The molecule has 1 heterocycles. The SMILES string of the molecule is CCc1ccc2c(=O)c(C=O)c[nH]c2c1. The molecule has 2 aromatic rings. The number of hydrogen-bond acceptors (Lipinski definition) is 2. The minimum Gasteiger partial charge on any atom is -0.360 e. The molecule has 0 saturated heterocycles. The molecule has 0 fully saturated rings. The van der Waals surface area contributed by atoms with E-state index in [1.165, 1.54) is 6.20 Å². The van der Waals surface area contributed by atoms with E-state index in [2.05, 4.69) is 11.9 Å². The second kappa shape index (κ2) is 3.69. The van der Waals surface area contributed by atoms with Gasteiger partial charge in [-0.1, -0.05) is 13.0 Å². The van der Waals surface area contributed by atoms with Gasteiger partial charge in [-0.3, -0.25) is 9.59 Å². The van der Waals surface area contributed by atoms with Crippen LogP contribution in [-0.4, -0.2) is 11.3 Å². The van der Waals surface area contributed by atoms with Gasteiger partial charge in [-0.15, -0.1) is 0 Å². The zero-order valence-electron chi connectivity index (χ0n) is 8.41. The van der Waals surface area contributed by atoms with Crippen molar-refractivity contribution >= 4 is 17.2 Å². The molecular formula is C12H11NO2. The van der Waals surface area contributed by atoms with Crippen molar-refractivity contribution in [2.24, 2.45) is 0 Å². The number of aromatic nitrogens is 1. The average Bonchev–Trinajstić information content (AvgIpc) is 2.29. The molecule has 0 aliphatic rings. The molecule has 0 spiro atoms. The Bertz CT molecular complexity index is 569. The first kappa shape index (κ1) is 9.65. The lowest BCUT2D eigenvalue weighted by Crippen LogP contribution is -2.09. The summed E-state index contributed by atoms with van der Waals surface area (Å²) in [5.41, 5.74) is 1.91. The van der Waals surface area contributed by atoms with Gasteiger partial charge in [0, 0.05) is 17.1 Å². The lowest BCUT2D eigenvalue weighted by molar-refractivity contribution is 0.112. The summed E-state index contributed by atoms with van der Waals surface area (Å²) >= 11 is 0. The third kappa shape index (κ3) is 1.56. The highest BCUT2D eigenvalue weighted by Crippen LogP contribution is 2.11. The van der Waals surface area contributed by atoms with Gasteiger partial charge < -0.3 is 4.98 Å². The predicted octanol–water partition coefficient (Wildman–Crippen LogP) is 1.90. The van der Waals surface area contributed by atoms with Crippen molar-refractivity contribution in [3.05, 3.63) is 45.7 Å². The first-order valence-electron chi connectivity index (χ1n) is 4.85. The lowest BCUT2D eigenvalue weighted by atomic mass is 10.1. The molecule has 0 radical (unpaired) electrons. The quantitative estimate of drug-likeness (QED) is 0.754. The van der Waals surface area contributed by atoms with Crippen molar-refractivity contribution in [3.8, 4) is 0 Å². The van der Waals surface area contributed by atoms with E-state index in [1.807, 2.05) is 12.1 Å². The van der Waals surface area contributed by atoms with Crippen LogP contribution in [0, 0.1) is 0 Å². The van der Waals surface area contributed by atoms with Gasteiger partial charge in [0.15, 0.2) is 11.7 Å². The van der Waals surface area contributed by atoms with Crippen molar-refractivity contribution < 1.29 is 4.79 Å². The van der Waals surface area contributed by atoms with Crippen LogP contribution < -0.4 is 5.43 Å². The molecular weight excluding hydrogens is 190 g/mol. The zero-order valence-corrected chi connectivity index (χ0v) is 8.41. The molecule has 1 aromatic carbocycles. The number of fused-ring (bicyclic) bond motifs is 1. The molecule has 1 N–H and O–H groups in total. The van der Waals surface area contributed by atoms with Crippen LogP contribution in [0.4, 0.5) is 0 Å². The van der Waals surface area contributed by atoms with Crippen LogP contribution in [-0.2, 0) is 6.42 Å². The Balaban J connectivity index is 2.79. The van der Waals surface area contributed by atoms with E-state index >= 15 is 0 Å². The van der Waals surface area contributed by atoms with E-state index in [-0.39, 0.29) is 11.0 Å². The first-order valence-corrected chi connectivity index (χ1v) is 4.85. The Morgan fingerprint density at radius 2 is 2.20 bits per heavy atom. The summed E-state index contributed by atoms with van der Waals surface area (Å²) in [6.45, 7) is 2.05. The topological polar surface area (TPSA) is 49.9 Å². The standard InChI is InChI=1S/C12H11NO2/c1-2-8-3-4-10-11(5-8)13-6-9(7-14)12(10)15/h3-7H,2H2,1H3,(H,13,15). The Hall–Kier alpha value is -1.90. The van der Waals surface area contributed by atoms with Crippen molar-refractivity contribution in [1.82, 2.24) is 4.98 Å². The van der Waals surface area contributed by atoms with Crippen molar-refractivity contribution in [2.75, 3.05) is 0 Å². The van der Waals surface area contributed by atoms with E-state index in [0.717, 1.165) is 17.5 Å². The molecule has 3 nitrogen and oxygen atoms in total. The summed E-state index contributed by atoms with van der Waals surface area (Å²) in [6.07, 6.45) is 2.95.